The normalized spacial score (nSPS) is 41.7. The van der Waals surface area contributed by atoms with E-state index in [-0.39, 0.29) is 79.5 Å². The standard InChI is InChI=1S/C44H72BNO10S/c1-25-17-26(2)19-34(14-16-47)37(49)23-36(48)32(8)40(30(6)22-33-12-13-38(27(3)21-33)56-57-24-45)54-43(52)35-11-9-10-15-46(35)42(51)41(50)44(53)31(7)20-29(5)39(55-44)28(4)18-25/h19,22,25,27-29,31-36,38-40,47-48,53H,9-18,20-21,23-24,45H2,1-8H3/b26-19+,30-22+/t25-,27?,28-,29?,31?,32+,33?,34+,35?,36?,38+,39?,40+,44?/m0/s1/i45TD,48T. The van der Waals surface area contributed by atoms with Gasteiger partial charge in [0.05, 0.1) is 18.3 Å². The molecule has 0 aromatic heterocycles. The lowest BCUT2D eigenvalue weighted by molar-refractivity contribution is -0.282. The summed E-state index contributed by atoms with van der Waals surface area (Å²) in [4.78, 5) is 58.1. The summed E-state index contributed by atoms with van der Waals surface area (Å²) in [5, 5.41) is 27.3. The zero-order valence-electron chi connectivity index (χ0n) is 38.7. The van der Waals surface area contributed by atoms with Gasteiger partial charge in [-0.25, -0.2) is 4.79 Å². The smallest absolute Gasteiger partial charge is 0.329 e. The van der Waals surface area contributed by atoms with Crippen LogP contribution in [-0.4, -0.2) is 111 Å². The highest BCUT2D eigenvalue weighted by Gasteiger charge is 2.55. The van der Waals surface area contributed by atoms with Crippen LogP contribution in [0.25, 0.3) is 0 Å². The van der Waals surface area contributed by atoms with Crippen molar-refractivity contribution in [2.24, 2.45) is 47.3 Å². The topological polar surface area (TPSA) is 160 Å². The molecule has 1 amide bonds. The molecule has 0 aromatic rings. The lowest BCUT2D eigenvalue weighted by Crippen LogP contribution is -2.62. The molecule has 2 saturated heterocycles. The van der Waals surface area contributed by atoms with Crippen molar-refractivity contribution < 1.29 is 48.2 Å². The predicted octanol–water partition coefficient (Wildman–Crippen LogP) is 5.57. The molecule has 1 aliphatic carbocycles. The van der Waals surface area contributed by atoms with E-state index in [1.54, 1.807) is 13.8 Å². The minimum absolute atomic E-state index is 0.00257. The molecule has 0 aromatic carbocycles. The zero-order valence-corrected chi connectivity index (χ0v) is 36.5. The Morgan fingerprint density at radius 1 is 1.09 bits per heavy atom. The SMILES string of the molecule is [2H]B([3H])CSO[C@@H]1CCC(/C=C(\C)[C@H]2OC(=O)C3CCCCN3C(=O)C(=O)C3(O)OC(C(C)CC3C)[C@@H](C)C[C@@H](C)C/C(C)=C/[C@@H](CCO)C(=O)CC(O[3H])[C@H]2C)CC1C. The monoisotopic (exact) mass is 823 g/mol. The van der Waals surface area contributed by atoms with Crippen LogP contribution in [0.5, 0.6) is 0 Å². The minimum Gasteiger partial charge on any atom is -0.456 e. The fourth-order valence-corrected chi connectivity index (χ4v) is 10.6. The summed E-state index contributed by atoms with van der Waals surface area (Å²) in [7, 11) is -0.967. The van der Waals surface area contributed by atoms with Crippen molar-refractivity contribution in [1.82, 2.24) is 4.90 Å². The van der Waals surface area contributed by atoms with Crippen LogP contribution in [0.4, 0.5) is 0 Å². The number of rotatable bonds is 9. The molecule has 57 heavy (non-hydrogen) atoms. The Balaban J connectivity index is 1.73. The second-order valence-corrected chi connectivity index (χ2v) is 19.0. The van der Waals surface area contributed by atoms with Gasteiger partial charge in [-0.15, -0.1) is 0 Å². The number of Topliss-reactive ketones (excluding diaryl/α,β-unsaturated/α-hetero) is 2. The second kappa shape index (κ2) is 21.5. The first-order chi connectivity index (χ1) is 28.3. The number of hydrogen-bond acceptors (Lipinski definition) is 11. The molecule has 0 spiro atoms. The first-order valence-electron chi connectivity index (χ1n) is 23.1. The van der Waals surface area contributed by atoms with Gasteiger partial charge in [0.25, 0.3) is 11.7 Å². The fourth-order valence-electron chi connectivity index (χ4n) is 10.1. The highest BCUT2D eigenvalue weighted by Crippen LogP contribution is 2.42. The van der Waals surface area contributed by atoms with Crippen molar-refractivity contribution in [3.05, 3.63) is 23.3 Å². The van der Waals surface area contributed by atoms with Crippen LogP contribution in [0.15, 0.2) is 23.3 Å². The average molecular weight is 823 g/mol. The quantitative estimate of drug-likeness (QED) is 0.0878. The first kappa shape index (κ1) is 43.1. The number of ketones is 2. The number of allylic oxidation sites excluding steroid dienone is 3. The molecule has 322 valence electrons. The summed E-state index contributed by atoms with van der Waals surface area (Å²) in [6.07, 6.45) is 7.09. The number of cyclic esters (lactones) is 1. The Bertz CT molecular complexity index is 1540. The molecule has 13 heteroatoms. The Hall–Kier alpha value is -2.03. The summed E-state index contributed by atoms with van der Waals surface area (Å²) in [5.41, 5.74) is 1.94. The third-order valence-corrected chi connectivity index (χ3v) is 13.7. The molecule has 3 N–H and O–H groups in total. The van der Waals surface area contributed by atoms with Crippen molar-refractivity contribution in [3.8, 4) is 0 Å². The number of aliphatic hydroxyl groups excluding tert-OH is 2. The van der Waals surface area contributed by atoms with Crippen LogP contribution in [0.3, 0.4) is 0 Å². The van der Waals surface area contributed by atoms with Gasteiger partial charge in [0, 0.05) is 37.3 Å². The summed E-state index contributed by atoms with van der Waals surface area (Å²) in [6.45, 7) is 15.5. The molecule has 11 nitrogen and oxygen atoms in total. The van der Waals surface area contributed by atoms with Crippen molar-refractivity contribution in [3.63, 3.8) is 0 Å². The Labute approximate surface area is 351 Å². The molecule has 4 aliphatic rings. The van der Waals surface area contributed by atoms with E-state index in [9.17, 15) is 29.4 Å². The number of esters is 1. The van der Waals surface area contributed by atoms with Gasteiger partial charge < -0.3 is 33.9 Å². The molecular formula is C44H72BNO10S. The summed E-state index contributed by atoms with van der Waals surface area (Å²) < 4.78 is 41.7. The molecule has 0 radical (unpaired) electrons. The average Bonchev–Trinajstić information content (AvgIpc) is 3.19. The van der Waals surface area contributed by atoms with E-state index in [1.807, 2.05) is 33.8 Å². The highest BCUT2D eigenvalue weighted by atomic mass is 32.2. The first-order valence-corrected chi connectivity index (χ1v) is 22.4. The predicted molar refractivity (Wildman–Crippen MR) is 224 cm³/mol. The number of ether oxygens (including phenoxy) is 2. The number of nitrogens with zero attached hydrogens (tertiary/aromatic N) is 1. The van der Waals surface area contributed by atoms with Crippen LogP contribution < -0.4 is 0 Å². The fraction of sp³-hybridized carbons (Fsp3) is 0.818. The molecule has 4 rings (SSSR count). The third-order valence-electron chi connectivity index (χ3n) is 13.2. The van der Waals surface area contributed by atoms with E-state index in [2.05, 4.69) is 19.9 Å². The molecule has 2 bridgehead atoms. The Morgan fingerprint density at radius 2 is 1.82 bits per heavy atom. The molecule has 14 atom stereocenters. The van der Waals surface area contributed by atoms with Gasteiger partial charge in [0.2, 0.25) is 7.22 Å². The van der Waals surface area contributed by atoms with Gasteiger partial charge in [-0.1, -0.05) is 59.3 Å². The number of carbonyl (C=O) groups is 4. The highest BCUT2D eigenvalue weighted by molar-refractivity contribution is 7.95. The Morgan fingerprint density at radius 3 is 2.51 bits per heavy atom. The molecule has 3 heterocycles. The molecule has 1 saturated carbocycles. The molecule has 3 aliphatic heterocycles. The van der Waals surface area contributed by atoms with Gasteiger partial charge in [0.15, 0.2) is 0 Å². The van der Waals surface area contributed by atoms with Crippen LogP contribution >= 0.6 is 12.0 Å². The maximum atomic E-state index is 14.4. The second-order valence-electron chi connectivity index (χ2n) is 18.2. The lowest BCUT2D eigenvalue weighted by atomic mass is 9.76. The summed E-state index contributed by atoms with van der Waals surface area (Å²) >= 11 is 1.16. The number of fused-ring (bicyclic) bond motifs is 3. The van der Waals surface area contributed by atoms with E-state index in [1.165, 1.54) is 4.90 Å². The number of aliphatic hydroxyl groups is 3. The molecular weight excluding hydrogens is 745 g/mol. The number of amides is 1. The van der Waals surface area contributed by atoms with Crippen LogP contribution in [0, 0.1) is 47.3 Å². The van der Waals surface area contributed by atoms with Crippen molar-refractivity contribution in [2.45, 2.75) is 162 Å². The van der Waals surface area contributed by atoms with Crippen molar-refractivity contribution in [2.75, 3.05) is 18.8 Å². The van der Waals surface area contributed by atoms with Crippen LogP contribution in [-0.2, 0) is 32.8 Å². The van der Waals surface area contributed by atoms with Crippen molar-refractivity contribution in [1.29, 1.82) is 4.10 Å². The van der Waals surface area contributed by atoms with Crippen LogP contribution in [0.1, 0.15) is 126 Å². The number of piperidine rings is 1. The largest absolute Gasteiger partial charge is 0.456 e. The lowest BCUT2D eigenvalue weighted by Gasteiger charge is -2.46. The van der Waals surface area contributed by atoms with Gasteiger partial charge >= 0.3 is 5.97 Å². The molecule has 3 fully saturated rings. The van der Waals surface area contributed by atoms with Gasteiger partial charge in [-0.3, -0.25) is 14.4 Å². The van der Waals surface area contributed by atoms with Crippen molar-refractivity contribution >= 4 is 43.3 Å². The zero-order chi connectivity index (χ0) is 44.5. The van der Waals surface area contributed by atoms with Gasteiger partial charge in [-0.05, 0) is 134 Å². The van der Waals surface area contributed by atoms with Crippen LogP contribution in [0.2, 0.25) is 0 Å². The maximum Gasteiger partial charge on any atom is 0.329 e. The summed E-state index contributed by atoms with van der Waals surface area (Å²) in [5.74, 6) is -7.01. The van der Waals surface area contributed by atoms with E-state index in [0.717, 1.165) is 36.9 Å². The number of carbonyl (C=O) groups excluding carboxylic acids is 4. The van der Waals surface area contributed by atoms with E-state index in [4.69, 9.17) is 22.9 Å². The molecule has 8 unspecified atom stereocenters. The maximum absolute atomic E-state index is 14.4. The summed E-state index contributed by atoms with van der Waals surface area (Å²) in [6, 6.07) is -1.11. The number of hydrogen-bond donors (Lipinski definition) is 3. The third kappa shape index (κ3) is 12.1. The van der Waals surface area contributed by atoms with E-state index < -0.39 is 73.3 Å². The van der Waals surface area contributed by atoms with E-state index >= 15 is 0 Å². The van der Waals surface area contributed by atoms with Gasteiger partial charge in [-0.2, -0.15) is 0 Å². The minimum atomic E-state index is -2.37. The van der Waals surface area contributed by atoms with E-state index in [0.29, 0.717) is 37.7 Å². The van der Waals surface area contributed by atoms with Gasteiger partial charge in [0.1, 0.15) is 25.7 Å². The Kier molecular flexibility index (Phi) is 16.2.